The van der Waals surface area contributed by atoms with E-state index in [9.17, 15) is 38.5 Å². The summed E-state index contributed by atoms with van der Waals surface area (Å²) in [4.78, 5) is 83.1. The number of rotatable bonds is 23. The molecular formula is C22H44N4O14P2S2. The summed E-state index contributed by atoms with van der Waals surface area (Å²) in [5.41, 5.74) is -2.58. The molecule has 22 heteroatoms. The highest BCUT2D eigenvalue weighted by Crippen LogP contribution is 2.39. The van der Waals surface area contributed by atoms with E-state index in [1.165, 1.54) is 49.3 Å². The molecule has 44 heavy (non-hydrogen) atoms. The zero-order valence-corrected chi connectivity index (χ0v) is 28.3. The minimum atomic E-state index is -4.76. The summed E-state index contributed by atoms with van der Waals surface area (Å²) in [6, 6.07) is 0. The molecular weight excluding hydrogens is 670 g/mol. The number of hydrogen-bond donors (Lipinski definition) is 10. The van der Waals surface area contributed by atoms with Gasteiger partial charge in [0.05, 0.1) is 13.2 Å². The first-order valence-corrected chi connectivity index (χ1v) is 18.7. The van der Waals surface area contributed by atoms with Crippen molar-refractivity contribution in [2.75, 3.05) is 50.9 Å². The van der Waals surface area contributed by atoms with Crippen LogP contribution in [0.3, 0.4) is 0 Å². The molecule has 4 amide bonds. The fourth-order valence-electron chi connectivity index (χ4n) is 2.92. The normalized spacial score (nSPS) is 14.0. The molecule has 0 aliphatic heterocycles. The van der Waals surface area contributed by atoms with Crippen LogP contribution in [0.1, 0.15) is 40.5 Å². The molecule has 258 valence electrons. The van der Waals surface area contributed by atoms with Crippen LogP contribution in [0.25, 0.3) is 0 Å². The van der Waals surface area contributed by atoms with Gasteiger partial charge in [-0.2, -0.15) is 0 Å². The minimum absolute atomic E-state index is 0.0517. The Morgan fingerprint density at radius 2 is 0.955 bits per heavy atom. The van der Waals surface area contributed by atoms with E-state index < -0.39 is 63.7 Å². The number of phosphoric ester groups is 2. The molecule has 0 spiro atoms. The largest absolute Gasteiger partial charge is 0.469 e. The molecule has 2 atom stereocenters. The fraction of sp³-hybridized carbons (Fsp3) is 0.818. The SMILES string of the molecule is CC(C)(COP(=O)(O)O)[C@@H](O)C(=O)NCCC(=O)NCCSSCCNC(=O)CCNC(=O)[C@H](O)C(C)(C)COP(=O)(O)O. The first kappa shape index (κ1) is 42.7. The number of nitrogens with one attached hydrogen (secondary N) is 4. The topological polar surface area (TPSA) is 290 Å². The van der Waals surface area contributed by atoms with Gasteiger partial charge in [-0.1, -0.05) is 49.3 Å². The molecule has 0 heterocycles. The van der Waals surface area contributed by atoms with Crippen LogP contribution >= 0.6 is 37.2 Å². The zero-order chi connectivity index (χ0) is 34.2. The van der Waals surface area contributed by atoms with Crippen molar-refractivity contribution in [3.63, 3.8) is 0 Å². The van der Waals surface area contributed by atoms with Crippen molar-refractivity contribution in [1.29, 1.82) is 0 Å². The van der Waals surface area contributed by atoms with Crippen LogP contribution in [0.2, 0.25) is 0 Å². The molecule has 10 N–H and O–H groups in total. The van der Waals surface area contributed by atoms with E-state index in [4.69, 9.17) is 19.6 Å². The van der Waals surface area contributed by atoms with Crippen LogP contribution in [0.15, 0.2) is 0 Å². The zero-order valence-electron chi connectivity index (χ0n) is 24.9. The van der Waals surface area contributed by atoms with Gasteiger partial charge in [-0.15, -0.1) is 0 Å². The van der Waals surface area contributed by atoms with Gasteiger partial charge in [0.2, 0.25) is 23.6 Å². The molecule has 0 saturated heterocycles. The lowest BCUT2D eigenvalue weighted by molar-refractivity contribution is -0.137. The van der Waals surface area contributed by atoms with Gasteiger partial charge in [-0.25, -0.2) is 9.13 Å². The third kappa shape index (κ3) is 20.7. The van der Waals surface area contributed by atoms with Crippen molar-refractivity contribution in [3.05, 3.63) is 0 Å². The second kappa shape index (κ2) is 20.1. The number of hydrogen-bond acceptors (Lipinski definition) is 12. The number of aliphatic hydroxyl groups excluding tert-OH is 2. The molecule has 0 fully saturated rings. The van der Waals surface area contributed by atoms with Crippen LogP contribution < -0.4 is 21.3 Å². The molecule has 18 nitrogen and oxygen atoms in total. The predicted octanol–water partition coefficient (Wildman–Crippen LogP) is -1.39. The second-order valence-corrected chi connectivity index (χ2v) is 15.9. The van der Waals surface area contributed by atoms with Gasteiger partial charge in [0.25, 0.3) is 0 Å². The van der Waals surface area contributed by atoms with Gasteiger partial charge in [-0.3, -0.25) is 28.2 Å². The Morgan fingerprint density at radius 1 is 0.636 bits per heavy atom. The number of phosphoric acid groups is 2. The molecule has 0 saturated carbocycles. The summed E-state index contributed by atoms with van der Waals surface area (Å²) in [5.74, 6) is -1.17. The lowest BCUT2D eigenvalue weighted by Crippen LogP contribution is -2.46. The lowest BCUT2D eigenvalue weighted by Gasteiger charge is -2.29. The predicted molar refractivity (Wildman–Crippen MR) is 162 cm³/mol. The van der Waals surface area contributed by atoms with Gasteiger partial charge in [0.15, 0.2) is 0 Å². The molecule has 0 rings (SSSR count). The summed E-state index contributed by atoms with van der Waals surface area (Å²) in [6.07, 6.45) is -3.35. The fourth-order valence-corrected chi connectivity index (χ4v) is 5.73. The first-order chi connectivity index (χ1) is 20.1. The Balaban J connectivity index is 3.95. The highest BCUT2D eigenvalue weighted by molar-refractivity contribution is 8.76. The summed E-state index contributed by atoms with van der Waals surface area (Å²) in [6.45, 7) is 5.01. The van der Waals surface area contributed by atoms with E-state index >= 15 is 0 Å². The molecule has 0 aliphatic carbocycles. The Hall–Kier alpha value is -1.28. The van der Waals surface area contributed by atoms with Crippen molar-refractivity contribution in [2.45, 2.75) is 52.7 Å². The average molecular weight is 715 g/mol. The Kier molecular flexibility index (Phi) is 19.5. The number of carbonyl (C=O) groups excluding carboxylic acids is 4. The monoisotopic (exact) mass is 714 g/mol. The van der Waals surface area contributed by atoms with Crippen molar-refractivity contribution in [2.24, 2.45) is 10.8 Å². The van der Waals surface area contributed by atoms with E-state index in [0.717, 1.165) is 0 Å². The van der Waals surface area contributed by atoms with Gasteiger partial charge in [-0.05, 0) is 0 Å². The van der Waals surface area contributed by atoms with Crippen LogP contribution in [0, 0.1) is 10.8 Å². The van der Waals surface area contributed by atoms with Gasteiger partial charge < -0.3 is 51.1 Å². The number of carbonyl (C=O) groups is 4. The summed E-state index contributed by atoms with van der Waals surface area (Å²) in [5, 5.41) is 30.3. The van der Waals surface area contributed by atoms with E-state index in [1.807, 2.05) is 0 Å². The summed E-state index contributed by atoms with van der Waals surface area (Å²) < 4.78 is 30.4. The van der Waals surface area contributed by atoms with Gasteiger partial charge in [0.1, 0.15) is 12.2 Å². The maximum atomic E-state index is 12.1. The Labute approximate surface area is 263 Å². The Bertz CT molecular complexity index is 960. The highest BCUT2D eigenvalue weighted by Gasteiger charge is 2.37. The van der Waals surface area contributed by atoms with Crippen molar-refractivity contribution < 1.29 is 67.1 Å². The van der Waals surface area contributed by atoms with Gasteiger partial charge >= 0.3 is 15.6 Å². The molecule has 0 unspecified atom stereocenters. The highest BCUT2D eigenvalue weighted by atomic mass is 33.1. The molecule has 0 bridgehead atoms. The molecule has 0 aromatic carbocycles. The van der Waals surface area contributed by atoms with E-state index in [-0.39, 0.29) is 37.7 Å². The summed E-state index contributed by atoms with van der Waals surface area (Å²) in [7, 11) is -6.61. The number of aliphatic hydroxyl groups is 2. The standard InChI is InChI=1S/C22H44N4O14P2S2/c1-21(2,13-39-41(33,34)35)17(29)19(31)25-7-5-15(27)23-9-11-43-44-12-10-24-16(28)6-8-26-20(32)18(30)22(3,4)14-40-42(36,37)38/h17-18,29-30H,5-14H2,1-4H3,(H,23,27)(H,24,28)(H,25,31)(H,26,32)(H2,33,34,35)(H2,36,37,38)/t17-,18-/m0/s1. The quantitative estimate of drug-likeness (QED) is 0.0331. The maximum absolute atomic E-state index is 12.1. The Morgan fingerprint density at radius 3 is 1.25 bits per heavy atom. The molecule has 0 aromatic rings. The molecule has 0 aliphatic rings. The number of amides is 4. The van der Waals surface area contributed by atoms with Crippen LogP contribution in [0.4, 0.5) is 0 Å². The first-order valence-electron chi connectivity index (χ1n) is 13.2. The van der Waals surface area contributed by atoms with E-state index in [1.54, 1.807) is 0 Å². The maximum Gasteiger partial charge on any atom is 0.469 e. The van der Waals surface area contributed by atoms with E-state index in [2.05, 4.69) is 30.3 Å². The summed E-state index contributed by atoms with van der Waals surface area (Å²) >= 11 is 0. The molecule has 0 aromatic heterocycles. The van der Waals surface area contributed by atoms with Crippen LogP contribution in [0.5, 0.6) is 0 Å². The van der Waals surface area contributed by atoms with Crippen LogP contribution in [-0.2, 0) is 37.4 Å². The van der Waals surface area contributed by atoms with Crippen molar-refractivity contribution in [1.82, 2.24) is 21.3 Å². The van der Waals surface area contributed by atoms with Crippen LogP contribution in [-0.4, -0.2) is 117 Å². The molecule has 0 radical (unpaired) electrons. The van der Waals surface area contributed by atoms with Crippen molar-refractivity contribution in [3.8, 4) is 0 Å². The smallest absolute Gasteiger partial charge is 0.383 e. The average Bonchev–Trinajstić information content (AvgIpc) is 2.90. The lowest BCUT2D eigenvalue weighted by atomic mass is 9.87. The minimum Gasteiger partial charge on any atom is -0.383 e. The second-order valence-electron chi connectivity index (χ2n) is 10.7. The third-order valence-corrected chi connectivity index (χ3v) is 8.93. The van der Waals surface area contributed by atoms with Crippen molar-refractivity contribution >= 4 is 60.9 Å². The van der Waals surface area contributed by atoms with E-state index in [0.29, 0.717) is 24.6 Å². The third-order valence-electron chi connectivity index (χ3n) is 5.59. The van der Waals surface area contributed by atoms with Gasteiger partial charge in [0, 0.05) is 61.4 Å².